The van der Waals surface area contributed by atoms with Crippen LogP contribution in [0, 0.1) is 0 Å². The summed E-state index contributed by atoms with van der Waals surface area (Å²) in [6, 6.07) is 11.0. The maximum atomic E-state index is 13.1. The summed E-state index contributed by atoms with van der Waals surface area (Å²) in [4.78, 5) is 40.0. The van der Waals surface area contributed by atoms with Crippen LogP contribution in [0.3, 0.4) is 0 Å². The van der Waals surface area contributed by atoms with E-state index in [4.69, 9.17) is 27.9 Å². The Kier molecular flexibility index (Phi) is 10.4. The number of likely N-dealkylation sites (N-methyl/N-ethyl adjacent to an activating group) is 1. The topological polar surface area (TPSA) is 99.8 Å². The Morgan fingerprint density at radius 1 is 1.00 bits per heavy atom. The third-order valence-electron chi connectivity index (χ3n) is 6.10. The van der Waals surface area contributed by atoms with Crippen LogP contribution in [0.4, 0.5) is 0 Å². The molecule has 2 aromatic rings. The van der Waals surface area contributed by atoms with Crippen molar-refractivity contribution >= 4 is 40.9 Å². The highest BCUT2D eigenvalue weighted by Crippen LogP contribution is 2.24. The number of benzene rings is 2. The monoisotopic (exact) mass is 534 g/mol. The Morgan fingerprint density at radius 2 is 1.72 bits per heavy atom. The fourth-order valence-electron chi connectivity index (χ4n) is 3.79. The molecule has 1 heterocycles. The average Bonchev–Trinajstić information content (AvgIpc) is 2.86. The summed E-state index contributed by atoms with van der Waals surface area (Å²) in [7, 11) is 1.57. The van der Waals surface area contributed by atoms with Gasteiger partial charge in [0.25, 0.3) is 0 Å². The van der Waals surface area contributed by atoms with Crippen molar-refractivity contribution in [3.8, 4) is 5.75 Å². The van der Waals surface area contributed by atoms with E-state index in [9.17, 15) is 14.4 Å². The number of ether oxygens (including phenoxy) is 1. The summed E-state index contributed by atoms with van der Waals surface area (Å²) in [5, 5.41) is 9.96. The van der Waals surface area contributed by atoms with Crippen molar-refractivity contribution in [1.29, 1.82) is 0 Å². The van der Waals surface area contributed by atoms with Crippen molar-refractivity contribution in [2.24, 2.45) is 0 Å². The van der Waals surface area contributed by atoms with Crippen molar-refractivity contribution < 1.29 is 19.1 Å². The highest BCUT2D eigenvalue weighted by Gasteiger charge is 2.27. The van der Waals surface area contributed by atoms with Gasteiger partial charge in [-0.25, -0.2) is 0 Å². The third kappa shape index (κ3) is 8.11. The number of nitrogens with one attached hydrogen (secondary N) is 3. The van der Waals surface area contributed by atoms with Gasteiger partial charge >= 0.3 is 0 Å². The van der Waals surface area contributed by atoms with Gasteiger partial charge in [-0.15, -0.1) is 0 Å². The minimum atomic E-state index is -0.809. The number of rotatable bonds is 2. The van der Waals surface area contributed by atoms with Crippen LogP contribution in [0.25, 0.3) is 0 Å². The molecule has 3 N–H and O–H groups in total. The molecule has 8 nitrogen and oxygen atoms in total. The minimum Gasteiger partial charge on any atom is -0.492 e. The zero-order valence-electron chi connectivity index (χ0n) is 20.5. The fourth-order valence-corrected chi connectivity index (χ4v) is 4.07. The van der Waals surface area contributed by atoms with Crippen molar-refractivity contribution in [2.75, 3.05) is 33.3 Å². The van der Waals surface area contributed by atoms with Gasteiger partial charge in [0.1, 0.15) is 24.4 Å². The van der Waals surface area contributed by atoms with E-state index in [-0.39, 0.29) is 24.8 Å². The number of fused-ring (bicyclic) bond motifs is 1. The SMILES string of the molecule is C[C@@H]1C(=O)N[C@H](Cc2ccc(Cl)cc2)C(=O)NCCCc2ccc(Cl)cc2OCCNCC(=O)N1C. The lowest BCUT2D eigenvalue weighted by molar-refractivity contribution is -0.138. The molecule has 0 aromatic heterocycles. The van der Waals surface area contributed by atoms with Crippen molar-refractivity contribution in [1.82, 2.24) is 20.9 Å². The molecule has 3 amide bonds. The molecule has 10 heteroatoms. The number of nitrogens with zero attached hydrogens (tertiary/aromatic N) is 1. The summed E-state index contributed by atoms with van der Waals surface area (Å²) in [6.07, 6.45) is 1.64. The van der Waals surface area contributed by atoms with Crippen molar-refractivity contribution in [2.45, 2.75) is 38.3 Å². The molecule has 0 saturated carbocycles. The molecule has 2 atom stereocenters. The van der Waals surface area contributed by atoms with Crippen LogP contribution >= 0.6 is 23.2 Å². The van der Waals surface area contributed by atoms with Crippen LogP contribution < -0.4 is 20.7 Å². The average molecular weight is 535 g/mol. The molecular weight excluding hydrogens is 503 g/mol. The highest BCUT2D eigenvalue weighted by atomic mass is 35.5. The Labute approximate surface area is 221 Å². The molecule has 2 aromatic carbocycles. The summed E-state index contributed by atoms with van der Waals surface area (Å²) in [6.45, 7) is 2.90. The van der Waals surface area contributed by atoms with E-state index in [1.807, 2.05) is 18.2 Å². The molecule has 0 spiro atoms. The summed E-state index contributed by atoms with van der Waals surface area (Å²) in [5.41, 5.74) is 1.83. The van der Waals surface area contributed by atoms with Crippen LogP contribution in [0.2, 0.25) is 10.0 Å². The number of hydrogen-bond donors (Lipinski definition) is 3. The molecule has 3 rings (SSSR count). The first-order chi connectivity index (χ1) is 17.2. The number of hydrogen-bond acceptors (Lipinski definition) is 5. The van der Waals surface area contributed by atoms with Crippen molar-refractivity contribution in [3.05, 3.63) is 63.6 Å². The van der Waals surface area contributed by atoms with Gasteiger partial charge < -0.3 is 25.6 Å². The normalized spacial score (nSPS) is 20.9. The van der Waals surface area contributed by atoms with Gasteiger partial charge in [-0.3, -0.25) is 14.4 Å². The Morgan fingerprint density at radius 3 is 2.47 bits per heavy atom. The van der Waals surface area contributed by atoms with E-state index < -0.39 is 18.0 Å². The first-order valence-corrected chi connectivity index (χ1v) is 12.7. The molecule has 0 aliphatic carbocycles. The molecule has 0 radical (unpaired) electrons. The van der Waals surface area contributed by atoms with E-state index in [1.54, 1.807) is 38.2 Å². The van der Waals surface area contributed by atoms with Gasteiger partial charge in [-0.2, -0.15) is 0 Å². The second-order valence-corrected chi connectivity index (χ2v) is 9.62. The Balaban J connectivity index is 1.78. The van der Waals surface area contributed by atoms with Crippen LogP contribution in [-0.2, 0) is 27.2 Å². The Hall–Kier alpha value is -2.81. The van der Waals surface area contributed by atoms with E-state index in [0.29, 0.717) is 48.3 Å². The van der Waals surface area contributed by atoms with Crippen LogP contribution in [0.1, 0.15) is 24.5 Å². The first kappa shape index (κ1) is 27.8. The van der Waals surface area contributed by atoms with Gasteiger partial charge in [0.2, 0.25) is 17.7 Å². The maximum absolute atomic E-state index is 13.1. The molecule has 0 unspecified atom stereocenters. The number of carbonyl (C=O) groups excluding carboxylic acids is 3. The summed E-state index contributed by atoms with van der Waals surface area (Å²) >= 11 is 12.1. The van der Waals surface area contributed by atoms with E-state index in [1.165, 1.54) is 4.90 Å². The first-order valence-electron chi connectivity index (χ1n) is 11.9. The van der Waals surface area contributed by atoms with Gasteiger partial charge in [0.05, 0.1) is 6.54 Å². The zero-order valence-corrected chi connectivity index (χ0v) is 22.0. The van der Waals surface area contributed by atoms with Crippen LogP contribution in [-0.4, -0.2) is 68.0 Å². The molecule has 0 fully saturated rings. The lowest BCUT2D eigenvalue weighted by Crippen LogP contribution is -2.54. The minimum absolute atomic E-state index is 0.0502. The molecule has 0 saturated heterocycles. The fraction of sp³-hybridized carbons (Fsp3) is 0.423. The molecule has 194 valence electrons. The molecule has 36 heavy (non-hydrogen) atoms. The standard InChI is InChI=1S/C26H32Cl2N4O4/c1-17-25(34)31-22(14-18-5-8-20(27)9-6-18)26(35)30-11-3-4-19-7-10-21(28)15-23(19)36-13-12-29-16-24(33)32(17)2/h5-10,15,17,22,29H,3-4,11-14,16H2,1-2H3,(H,30,35)(H,31,34)/t17-,22-/m1/s1. The number of amides is 3. The van der Waals surface area contributed by atoms with Gasteiger partial charge in [-0.05, 0) is 55.2 Å². The number of carbonyl (C=O) groups is 3. The van der Waals surface area contributed by atoms with Gasteiger partial charge in [-0.1, -0.05) is 41.4 Å². The highest BCUT2D eigenvalue weighted by molar-refractivity contribution is 6.30. The van der Waals surface area contributed by atoms with E-state index >= 15 is 0 Å². The lowest BCUT2D eigenvalue weighted by atomic mass is 10.0. The third-order valence-corrected chi connectivity index (χ3v) is 6.59. The number of aryl methyl sites for hydroxylation is 1. The second-order valence-electron chi connectivity index (χ2n) is 8.74. The predicted octanol–water partition coefficient (Wildman–Crippen LogP) is 2.60. The van der Waals surface area contributed by atoms with Gasteiger partial charge in [0, 0.05) is 36.6 Å². The molecule has 0 bridgehead atoms. The summed E-state index contributed by atoms with van der Waals surface area (Å²) in [5.74, 6) is -0.271. The van der Waals surface area contributed by atoms with Crippen LogP contribution in [0.5, 0.6) is 5.75 Å². The van der Waals surface area contributed by atoms with Crippen LogP contribution in [0.15, 0.2) is 42.5 Å². The zero-order chi connectivity index (χ0) is 26.1. The Bertz CT molecular complexity index is 1060. The van der Waals surface area contributed by atoms with E-state index in [2.05, 4.69) is 16.0 Å². The second kappa shape index (κ2) is 13.5. The molecule has 1 aliphatic heterocycles. The van der Waals surface area contributed by atoms with E-state index in [0.717, 1.165) is 11.1 Å². The van der Waals surface area contributed by atoms with Crippen molar-refractivity contribution in [3.63, 3.8) is 0 Å². The summed E-state index contributed by atoms with van der Waals surface area (Å²) < 4.78 is 5.89. The maximum Gasteiger partial charge on any atom is 0.243 e. The largest absolute Gasteiger partial charge is 0.492 e. The smallest absolute Gasteiger partial charge is 0.243 e. The molecular formula is C26H32Cl2N4O4. The number of halogens is 2. The van der Waals surface area contributed by atoms with Gasteiger partial charge in [0.15, 0.2) is 0 Å². The molecule has 1 aliphatic rings. The lowest BCUT2D eigenvalue weighted by Gasteiger charge is -2.27. The predicted molar refractivity (Wildman–Crippen MR) is 140 cm³/mol. The quantitative estimate of drug-likeness (QED) is 0.549.